The summed E-state index contributed by atoms with van der Waals surface area (Å²) in [5, 5.41) is 0. The van der Waals surface area contributed by atoms with Crippen LogP contribution >= 0.6 is 0 Å². The Morgan fingerprint density at radius 3 is 2.30 bits per heavy atom. The molecule has 0 bridgehead atoms. The minimum atomic E-state index is 0.580. The first-order valence-electron chi connectivity index (χ1n) is 7.57. The van der Waals surface area contributed by atoms with Gasteiger partial charge >= 0.3 is 0 Å². The monoisotopic (exact) mass is 276 g/mol. The lowest BCUT2D eigenvalue weighted by Gasteiger charge is -2.36. The number of hydrogen-bond acceptors (Lipinski definition) is 4. The van der Waals surface area contributed by atoms with E-state index < -0.39 is 0 Å². The van der Waals surface area contributed by atoms with E-state index in [9.17, 15) is 0 Å². The van der Waals surface area contributed by atoms with Crippen LogP contribution in [0.1, 0.15) is 32.6 Å². The number of hydrogen-bond donors (Lipinski definition) is 1. The van der Waals surface area contributed by atoms with Crippen molar-refractivity contribution in [2.45, 2.75) is 38.6 Å². The summed E-state index contributed by atoms with van der Waals surface area (Å²) in [4.78, 5) is 2.32. The van der Waals surface area contributed by atoms with Gasteiger partial charge in [-0.1, -0.05) is 6.92 Å². The fourth-order valence-electron chi connectivity index (χ4n) is 3.23. The Kier molecular flexibility index (Phi) is 3.64. The molecule has 1 fully saturated rings. The smallest absolute Gasteiger partial charge is 0.163 e. The fraction of sp³-hybridized carbons (Fsp3) is 0.625. The Hall–Kier alpha value is -1.58. The van der Waals surface area contributed by atoms with Crippen LogP contribution in [0.15, 0.2) is 12.1 Å². The molecule has 2 N–H and O–H groups in total. The van der Waals surface area contributed by atoms with Crippen LogP contribution in [0.3, 0.4) is 0 Å². The highest BCUT2D eigenvalue weighted by molar-refractivity contribution is 5.73. The third kappa shape index (κ3) is 2.51. The van der Waals surface area contributed by atoms with Crippen LogP contribution in [0, 0.1) is 5.92 Å². The Morgan fingerprint density at radius 1 is 1.05 bits per heavy atom. The van der Waals surface area contributed by atoms with Gasteiger partial charge in [0.25, 0.3) is 0 Å². The summed E-state index contributed by atoms with van der Waals surface area (Å²) >= 11 is 0. The minimum Gasteiger partial charge on any atom is -0.486 e. The van der Waals surface area contributed by atoms with Crippen molar-refractivity contribution in [1.29, 1.82) is 0 Å². The van der Waals surface area contributed by atoms with Crippen LogP contribution in [0.5, 0.6) is 11.5 Å². The van der Waals surface area contributed by atoms with Gasteiger partial charge in [0.2, 0.25) is 0 Å². The van der Waals surface area contributed by atoms with Crippen LogP contribution in [0.25, 0.3) is 0 Å². The zero-order valence-corrected chi connectivity index (χ0v) is 12.4. The summed E-state index contributed by atoms with van der Waals surface area (Å²) < 4.78 is 11.2. The van der Waals surface area contributed by atoms with Gasteiger partial charge in [-0.2, -0.15) is 0 Å². The maximum Gasteiger partial charge on any atom is 0.163 e. The van der Waals surface area contributed by atoms with Gasteiger partial charge in [-0.3, -0.25) is 0 Å². The van der Waals surface area contributed by atoms with E-state index in [2.05, 4.69) is 18.9 Å². The van der Waals surface area contributed by atoms with Gasteiger partial charge in [-0.05, 0) is 31.6 Å². The van der Waals surface area contributed by atoms with Crippen LogP contribution in [-0.4, -0.2) is 26.3 Å². The average molecular weight is 276 g/mol. The first kappa shape index (κ1) is 13.4. The molecule has 1 aromatic carbocycles. The van der Waals surface area contributed by atoms with E-state index >= 15 is 0 Å². The second-order valence-electron chi connectivity index (χ2n) is 6.08. The normalized spacial score (nSPS) is 25.3. The van der Waals surface area contributed by atoms with Gasteiger partial charge in [-0.15, -0.1) is 0 Å². The van der Waals surface area contributed by atoms with Crippen molar-refractivity contribution >= 4 is 11.4 Å². The van der Waals surface area contributed by atoms with Gasteiger partial charge in [0.05, 0.1) is 11.4 Å². The number of benzene rings is 1. The Balaban J connectivity index is 1.82. The number of anilines is 2. The van der Waals surface area contributed by atoms with E-state index in [-0.39, 0.29) is 0 Å². The summed E-state index contributed by atoms with van der Waals surface area (Å²) in [5.74, 6) is 2.44. The first-order chi connectivity index (χ1) is 9.65. The lowest BCUT2D eigenvalue weighted by molar-refractivity contribution is 0.171. The Labute approximate surface area is 120 Å². The largest absolute Gasteiger partial charge is 0.486 e. The maximum absolute atomic E-state index is 6.20. The van der Waals surface area contributed by atoms with Gasteiger partial charge in [0.15, 0.2) is 11.5 Å². The second-order valence-corrected chi connectivity index (χ2v) is 6.08. The molecule has 0 aromatic heterocycles. The minimum absolute atomic E-state index is 0.580. The SMILES string of the molecule is CC1CCC(N(C)c2cc3c(cc2N)OCCO3)CC1. The lowest BCUT2D eigenvalue weighted by atomic mass is 9.86. The predicted octanol–water partition coefficient (Wildman–Crippen LogP) is 3.05. The molecule has 0 amide bonds. The van der Waals surface area contributed by atoms with Crippen LogP contribution in [0.4, 0.5) is 11.4 Å². The molecule has 0 atom stereocenters. The number of nitrogen functional groups attached to an aromatic ring is 1. The summed E-state index contributed by atoms with van der Waals surface area (Å²) in [5.41, 5.74) is 8.04. The molecule has 1 aromatic rings. The molecule has 1 aliphatic heterocycles. The zero-order chi connectivity index (χ0) is 14.1. The van der Waals surface area contributed by atoms with Crippen molar-refractivity contribution in [3.05, 3.63) is 12.1 Å². The molecule has 20 heavy (non-hydrogen) atoms. The van der Waals surface area contributed by atoms with Crippen molar-refractivity contribution in [2.24, 2.45) is 5.92 Å². The third-order valence-electron chi connectivity index (χ3n) is 4.60. The van der Waals surface area contributed by atoms with E-state index in [0.29, 0.717) is 19.3 Å². The van der Waals surface area contributed by atoms with Crippen molar-refractivity contribution in [2.75, 3.05) is 30.9 Å². The summed E-state index contributed by atoms with van der Waals surface area (Å²) in [6.45, 7) is 3.55. The molecule has 2 aliphatic rings. The maximum atomic E-state index is 6.20. The highest BCUT2D eigenvalue weighted by Crippen LogP contribution is 2.40. The highest BCUT2D eigenvalue weighted by Gasteiger charge is 2.24. The van der Waals surface area contributed by atoms with E-state index in [0.717, 1.165) is 28.8 Å². The van der Waals surface area contributed by atoms with Gasteiger partial charge in [-0.25, -0.2) is 0 Å². The molecule has 110 valence electrons. The fourth-order valence-corrected chi connectivity index (χ4v) is 3.23. The second kappa shape index (κ2) is 5.43. The molecule has 0 spiro atoms. The standard InChI is InChI=1S/C16H24N2O2/c1-11-3-5-12(6-4-11)18(2)14-10-16-15(9-13(14)17)19-7-8-20-16/h9-12H,3-8,17H2,1-2H3. The number of nitrogens with two attached hydrogens (primary N) is 1. The average Bonchev–Trinajstić information content (AvgIpc) is 2.46. The molecular formula is C16H24N2O2. The molecule has 1 aliphatic carbocycles. The number of nitrogens with zero attached hydrogens (tertiary/aromatic N) is 1. The molecule has 4 nitrogen and oxygen atoms in total. The van der Waals surface area contributed by atoms with Crippen molar-refractivity contribution in [1.82, 2.24) is 0 Å². The number of ether oxygens (including phenoxy) is 2. The molecule has 1 saturated carbocycles. The van der Waals surface area contributed by atoms with E-state index in [1.165, 1.54) is 25.7 Å². The first-order valence-corrected chi connectivity index (χ1v) is 7.57. The number of rotatable bonds is 2. The zero-order valence-electron chi connectivity index (χ0n) is 12.4. The van der Waals surface area contributed by atoms with Gasteiger partial charge in [0, 0.05) is 25.2 Å². The van der Waals surface area contributed by atoms with Gasteiger partial charge in [0.1, 0.15) is 13.2 Å². The Morgan fingerprint density at radius 2 is 1.65 bits per heavy atom. The topological polar surface area (TPSA) is 47.7 Å². The van der Waals surface area contributed by atoms with Crippen LogP contribution in [0.2, 0.25) is 0 Å². The quantitative estimate of drug-likeness (QED) is 0.843. The van der Waals surface area contributed by atoms with Gasteiger partial charge < -0.3 is 20.1 Å². The van der Waals surface area contributed by atoms with Crippen LogP contribution < -0.4 is 20.1 Å². The van der Waals surface area contributed by atoms with Crippen LogP contribution in [-0.2, 0) is 0 Å². The van der Waals surface area contributed by atoms with E-state index in [1.54, 1.807) is 0 Å². The van der Waals surface area contributed by atoms with Crippen molar-refractivity contribution in [3.8, 4) is 11.5 Å². The molecule has 0 unspecified atom stereocenters. The Bertz CT molecular complexity index is 482. The van der Waals surface area contributed by atoms with Crippen molar-refractivity contribution < 1.29 is 9.47 Å². The predicted molar refractivity (Wildman–Crippen MR) is 81.7 cm³/mol. The van der Waals surface area contributed by atoms with E-state index in [4.69, 9.17) is 15.2 Å². The summed E-state index contributed by atoms with van der Waals surface area (Å²) in [6, 6.07) is 4.50. The van der Waals surface area contributed by atoms with Crippen molar-refractivity contribution in [3.63, 3.8) is 0 Å². The third-order valence-corrected chi connectivity index (χ3v) is 4.60. The molecule has 4 heteroatoms. The highest BCUT2D eigenvalue weighted by atomic mass is 16.6. The molecule has 3 rings (SSSR count). The van der Waals surface area contributed by atoms with E-state index in [1.807, 2.05) is 12.1 Å². The summed E-state index contributed by atoms with van der Waals surface area (Å²) in [7, 11) is 2.14. The molecule has 1 heterocycles. The lowest BCUT2D eigenvalue weighted by Crippen LogP contribution is -2.35. The summed E-state index contributed by atoms with van der Waals surface area (Å²) in [6.07, 6.45) is 5.09. The number of fused-ring (bicyclic) bond motifs is 1. The molecule has 0 radical (unpaired) electrons. The molecule has 0 saturated heterocycles. The molecular weight excluding hydrogens is 252 g/mol.